The molecular formula is C27H32N4O. The van der Waals surface area contributed by atoms with Gasteiger partial charge in [-0.2, -0.15) is 0 Å². The van der Waals surface area contributed by atoms with Crippen LogP contribution in [0.15, 0.2) is 60.8 Å². The number of benzene rings is 2. The SMILES string of the molecule is CC(C)C(=O)CN1CCC(NC2c3ccccc3N2Cc2cccc3cccnc23)CC1. The first-order valence-electron chi connectivity index (χ1n) is 11.8. The van der Waals surface area contributed by atoms with Crippen molar-refractivity contribution < 1.29 is 4.79 Å². The number of piperidine rings is 1. The van der Waals surface area contributed by atoms with E-state index in [1.165, 1.54) is 22.2 Å². The maximum Gasteiger partial charge on any atom is 0.149 e. The number of hydrogen-bond donors (Lipinski definition) is 1. The van der Waals surface area contributed by atoms with Crippen molar-refractivity contribution >= 4 is 22.4 Å². The van der Waals surface area contributed by atoms with E-state index >= 15 is 0 Å². The molecular weight excluding hydrogens is 396 g/mol. The molecule has 2 aliphatic heterocycles. The molecule has 1 N–H and O–H groups in total. The second-order valence-corrected chi connectivity index (χ2v) is 9.42. The number of fused-ring (bicyclic) bond motifs is 2. The van der Waals surface area contributed by atoms with Crippen LogP contribution in [-0.4, -0.2) is 41.3 Å². The Bertz CT molecular complexity index is 1100. The van der Waals surface area contributed by atoms with Crippen molar-refractivity contribution in [1.82, 2.24) is 15.2 Å². The van der Waals surface area contributed by atoms with E-state index in [0.29, 0.717) is 18.4 Å². The Morgan fingerprint density at radius 3 is 2.66 bits per heavy atom. The van der Waals surface area contributed by atoms with Crippen molar-refractivity contribution in [2.24, 2.45) is 5.92 Å². The van der Waals surface area contributed by atoms with Crippen LogP contribution in [0.4, 0.5) is 5.69 Å². The number of pyridine rings is 1. The molecule has 5 rings (SSSR count). The monoisotopic (exact) mass is 428 g/mol. The van der Waals surface area contributed by atoms with Gasteiger partial charge in [0.25, 0.3) is 0 Å². The van der Waals surface area contributed by atoms with Crippen LogP contribution in [0.3, 0.4) is 0 Å². The van der Waals surface area contributed by atoms with Gasteiger partial charge >= 0.3 is 0 Å². The number of ketones is 1. The van der Waals surface area contributed by atoms with Crippen LogP contribution < -0.4 is 10.2 Å². The van der Waals surface area contributed by atoms with Gasteiger partial charge in [-0.3, -0.25) is 20.0 Å². The summed E-state index contributed by atoms with van der Waals surface area (Å²) in [6.45, 7) is 7.38. The summed E-state index contributed by atoms with van der Waals surface area (Å²) >= 11 is 0. The van der Waals surface area contributed by atoms with Crippen LogP contribution >= 0.6 is 0 Å². The van der Waals surface area contributed by atoms with Crippen molar-refractivity contribution in [2.45, 2.75) is 45.4 Å². The molecule has 2 aromatic carbocycles. The largest absolute Gasteiger partial charge is 0.347 e. The molecule has 0 saturated carbocycles. The number of aromatic nitrogens is 1. The summed E-state index contributed by atoms with van der Waals surface area (Å²) in [5.41, 5.74) is 5.02. The van der Waals surface area contributed by atoms with Crippen molar-refractivity contribution in [3.63, 3.8) is 0 Å². The minimum atomic E-state index is 0.120. The van der Waals surface area contributed by atoms with Gasteiger partial charge in [0.05, 0.1) is 12.1 Å². The summed E-state index contributed by atoms with van der Waals surface area (Å²) in [7, 11) is 0. The lowest BCUT2D eigenvalue weighted by atomic mass is 9.95. The lowest BCUT2D eigenvalue weighted by Gasteiger charge is -2.47. The molecule has 1 saturated heterocycles. The van der Waals surface area contributed by atoms with E-state index in [0.717, 1.165) is 38.0 Å². The molecule has 1 unspecified atom stereocenters. The van der Waals surface area contributed by atoms with Gasteiger partial charge < -0.3 is 4.90 Å². The zero-order valence-electron chi connectivity index (χ0n) is 19.0. The smallest absolute Gasteiger partial charge is 0.149 e. The summed E-state index contributed by atoms with van der Waals surface area (Å²) in [6.07, 6.45) is 4.25. The summed E-state index contributed by atoms with van der Waals surface area (Å²) < 4.78 is 0. The molecule has 0 bridgehead atoms. The van der Waals surface area contributed by atoms with Gasteiger partial charge in [0.2, 0.25) is 0 Å². The van der Waals surface area contributed by atoms with Gasteiger partial charge in [0.1, 0.15) is 11.9 Å². The average Bonchev–Trinajstić information content (AvgIpc) is 2.82. The van der Waals surface area contributed by atoms with Gasteiger partial charge in [-0.15, -0.1) is 0 Å². The molecule has 1 aromatic heterocycles. The quantitative estimate of drug-likeness (QED) is 0.599. The Balaban J connectivity index is 1.28. The maximum absolute atomic E-state index is 12.1. The van der Waals surface area contributed by atoms with E-state index < -0.39 is 0 Å². The number of nitrogens with zero attached hydrogens (tertiary/aromatic N) is 3. The summed E-state index contributed by atoms with van der Waals surface area (Å²) in [5.74, 6) is 0.466. The molecule has 3 aromatic rings. The third kappa shape index (κ3) is 4.15. The van der Waals surface area contributed by atoms with Crippen molar-refractivity contribution in [1.29, 1.82) is 0 Å². The van der Waals surface area contributed by atoms with E-state index in [4.69, 9.17) is 0 Å². The second-order valence-electron chi connectivity index (χ2n) is 9.42. The summed E-state index contributed by atoms with van der Waals surface area (Å²) in [6, 6.07) is 19.7. The molecule has 166 valence electrons. The van der Waals surface area contributed by atoms with Crippen molar-refractivity contribution in [3.05, 3.63) is 71.9 Å². The Morgan fingerprint density at radius 1 is 1.06 bits per heavy atom. The van der Waals surface area contributed by atoms with Crippen molar-refractivity contribution in [3.8, 4) is 0 Å². The molecule has 2 aliphatic rings. The molecule has 32 heavy (non-hydrogen) atoms. The fourth-order valence-electron chi connectivity index (χ4n) is 4.94. The number of hydrogen-bond acceptors (Lipinski definition) is 5. The highest BCUT2D eigenvalue weighted by Crippen LogP contribution is 2.43. The number of nitrogens with one attached hydrogen (secondary N) is 1. The first kappa shape index (κ1) is 21.1. The molecule has 0 amide bonds. The highest BCUT2D eigenvalue weighted by atomic mass is 16.1. The number of rotatable bonds is 7. The predicted molar refractivity (Wildman–Crippen MR) is 130 cm³/mol. The maximum atomic E-state index is 12.1. The Hall–Kier alpha value is -2.76. The first-order chi connectivity index (χ1) is 15.6. The standard InChI is InChI=1S/C27H32N4O/c1-19(2)25(32)18-30-15-12-22(13-16-30)29-27-23-10-3-4-11-24(23)31(27)17-21-8-5-7-20-9-6-14-28-26(20)21/h3-11,14,19,22,27,29H,12-13,15-18H2,1-2H3. The molecule has 5 nitrogen and oxygen atoms in total. The molecule has 1 atom stereocenters. The fourth-order valence-corrected chi connectivity index (χ4v) is 4.94. The van der Waals surface area contributed by atoms with Gasteiger partial charge in [-0.1, -0.05) is 56.3 Å². The van der Waals surface area contributed by atoms with Gasteiger partial charge in [0.15, 0.2) is 0 Å². The fraction of sp³-hybridized carbons (Fsp3) is 0.407. The lowest BCUT2D eigenvalue weighted by Crippen LogP contribution is -2.52. The van der Waals surface area contributed by atoms with E-state index in [9.17, 15) is 4.79 Å². The number of anilines is 1. The summed E-state index contributed by atoms with van der Waals surface area (Å²) in [5, 5.41) is 5.11. The predicted octanol–water partition coefficient (Wildman–Crippen LogP) is 4.53. The zero-order chi connectivity index (χ0) is 22.1. The zero-order valence-corrected chi connectivity index (χ0v) is 19.0. The van der Waals surface area contributed by atoms with Gasteiger partial charge in [-0.25, -0.2) is 0 Å². The van der Waals surface area contributed by atoms with E-state index in [2.05, 4.69) is 68.6 Å². The van der Waals surface area contributed by atoms with Gasteiger partial charge in [0, 0.05) is 54.4 Å². The van der Waals surface area contributed by atoms with Crippen LogP contribution in [-0.2, 0) is 11.3 Å². The first-order valence-corrected chi connectivity index (χ1v) is 11.8. The van der Waals surface area contributed by atoms with E-state index in [1.807, 2.05) is 26.1 Å². The molecule has 0 radical (unpaired) electrons. The van der Waals surface area contributed by atoms with Crippen LogP contribution in [0.5, 0.6) is 0 Å². The minimum absolute atomic E-state index is 0.120. The van der Waals surface area contributed by atoms with Crippen LogP contribution in [0.1, 0.15) is 44.0 Å². The highest BCUT2D eigenvalue weighted by Gasteiger charge is 2.36. The van der Waals surface area contributed by atoms with Gasteiger partial charge in [-0.05, 0) is 30.5 Å². The van der Waals surface area contributed by atoms with E-state index in [-0.39, 0.29) is 12.1 Å². The van der Waals surface area contributed by atoms with Crippen molar-refractivity contribution in [2.75, 3.05) is 24.5 Å². The number of likely N-dealkylation sites (tertiary alicyclic amines) is 1. The normalized spacial score (nSPS) is 19.2. The van der Waals surface area contributed by atoms with Crippen LogP contribution in [0, 0.1) is 5.92 Å². The lowest BCUT2D eigenvalue weighted by molar-refractivity contribution is -0.123. The number of carbonyl (C=O) groups is 1. The third-order valence-electron chi connectivity index (χ3n) is 6.91. The minimum Gasteiger partial charge on any atom is -0.347 e. The summed E-state index contributed by atoms with van der Waals surface area (Å²) in [4.78, 5) is 21.5. The highest BCUT2D eigenvalue weighted by molar-refractivity contribution is 5.82. The van der Waals surface area contributed by atoms with Crippen LogP contribution in [0.2, 0.25) is 0 Å². The third-order valence-corrected chi connectivity index (χ3v) is 6.91. The molecule has 5 heteroatoms. The van der Waals surface area contributed by atoms with Crippen LogP contribution in [0.25, 0.3) is 10.9 Å². The molecule has 3 heterocycles. The molecule has 0 aliphatic carbocycles. The molecule has 0 spiro atoms. The topological polar surface area (TPSA) is 48.5 Å². The average molecular weight is 429 g/mol. The number of Topliss-reactive ketones (excluding diaryl/α,β-unsaturated/α-hetero) is 1. The Kier molecular flexibility index (Phi) is 5.94. The number of carbonyl (C=O) groups excluding carboxylic acids is 1. The van der Waals surface area contributed by atoms with E-state index in [1.54, 1.807) is 0 Å². The second kappa shape index (κ2) is 9.00. The Morgan fingerprint density at radius 2 is 1.84 bits per heavy atom. The Labute approximate surface area is 190 Å². The number of para-hydroxylation sites is 2. The molecule has 1 fully saturated rings.